The molecule has 0 fully saturated rings. The average molecular weight is 315 g/mol. The van der Waals surface area contributed by atoms with E-state index in [-0.39, 0.29) is 5.91 Å². The molecule has 1 heterocycles. The molecule has 0 aliphatic carbocycles. The number of ether oxygens (including phenoxy) is 2. The number of anilines is 1. The first-order valence-electron chi connectivity index (χ1n) is 6.99. The lowest BCUT2D eigenvalue weighted by Gasteiger charge is -2.29. The number of methoxy groups -OCH3 is 2. The topological polar surface area (TPSA) is 38.8 Å². The van der Waals surface area contributed by atoms with Crippen LogP contribution in [-0.2, 0) is 0 Å². The van der Waals surface area contributed by atoms with Crippen molar-refractivity contribution in [2.75, 3.05) is 31.4 Å². The first-order chi connectivity index (χ1) is 10.7. The van der Waals surface area contributed by atoms with E-state index >= 15 is 0 Å². The number of para-hydroxylation sites is 1. The molecule has 3 rings (SSSR count). The van der Waals surface area contributed by atoms with Gasteiger partial charge in [-0.1, -0.05) is 12.1 Å². The Bertz CT molecular complexity index is 680. The highest BCUT2D eigenvalue weighted by atomic mass is 32.2. The lowest BCUT2D eigenvalue weighted by Crippen LogP contribution is -2.35. The van der Waals surface area contributed by atoms with Crippen LogP contribution in [0.2, 0.25) is 0 Å². The Kier molecular flexibility index (Phi) is 4.24. The minimum absolute atomic E-state index is 0.0371. The Labute approximate surface area is 134 Å². The smallest absolute Gasteiger partial charge is 0.258 e. The summed E-state index contributed by atoms with van der Waals surface area (Å²) in [5.41, 5.74) is 1.53. The van der Waals surface area contributed by atoms with E-state index in [1.165, 1.54) is 0 Å². The molecule has 0 bridgehead atoms. The van der Waals surface area contributed by atoms with Gasteiger partial charge < -0.3 is 14.4 Å². The van der Waals surface area contributed by atoms with Crippen LogP contribution in [0.4, 0.5) is 5.69 Å². The minimum atomic E-state index is -0.0371. The second-order valence-electron chi connectivity index (χ2n) is 4.87. The molecule has 0 saturated heterocycles. The fraction of sp³-hybridized carbons (Fsp3) is 0.235. The molecule has 0 saturated carbocycles. The van der Waals surface area contributed by atoms with E-state index in [9.17, 15) is 4.79 Å². The summed E-state index contributed by atoms with van der Waals surface area (Å²) in [6, 6.07) is 13.2. The summed E-state index contributed by atoms with van der Waals surface area (Å²) >= 11 is 1.78. The van der Waals surface area contributed by atoms with Crippen molar-refractivity contribution in [1.82, 2.24) is 0 Å². The third-order valence-electron chi connectivity index (χ3n) is 3.57. The SMILES string of the molecule is COc1cc(OC)cc(C(=O)N2CCSc3ccccc32)c1. The van der Waals surface area contributed by atoms with Crippen LogP contribution in [0.25, 0.3) is 0 Å². The lowest BCUT2D eigenvalue weighted by atomic mass is 10.1. The van der Waals surface area contributed by atoms with Crippen LogP contribution in [0.5, 0.6) is 11.5 Å². The van der Waals surface area contributed by atoms with Gasteiger partial charge in [-0.2, -0.15) is 0 Å². The molecule has 1 amide bonds. The number of amides is 1. The molecule has 114 valence electrons. The van der Waals surface area contributed by atoms with Gasteiger partial charge in [0, 0.05) is 28.8 Å². The molecule has 1 aliphatic heterocycles. The third-order valence-corrected chi connectivity index (χ3v) is 4.61. The second kappa shape index (κ2) is 6.32. The van der Waals surface area contributed by atoms with Crippen LogP contribution in [0.3, 0.4) is 0 Å². The number of hydrogen-bond donors (Lipinski definition) is 0. The van der Waals surface area contributed by atoms with Gasteiger partial charge in [0.2, 0.25) is 0 Å². The Morgan fingerprint density at radius 2 is 1.77 bits per heavy atom. The van der Waals surface area contributed by atoms with Crippen LogP contribution in [0.15, 0.2) is 47.4 Å². The quantitative estimate of drug-likeness (QED) is 0.869. The van der Waals surface area contributed by atoms with Crippen molar-refractivity contribution < 1.29 is 14.3 Å². The largest absolute Gasteiger partial charge is 0.497 e. The molecule has 0 atom stereocenters. The van der Waals surface area contributed by atoms with Gasteiger partial charge in [-0.25, -0.2) is 0 Å². The van der Waals surface area contributed by atoms with E-state index in [0.717, 1.165) is 16.3 Å². The molecule has 0 N–H and O–H groups in total. The highest BCUT2D eigenvalue weighted by Crippen LogP contribution is 2.35. The maximum Gasteiger partial charge on any atom is 0.258 e. The standard InChI is InChI=1S/C17H17NO3S/c1-20-13-9-12(10-14(11-13)21-2)17(19)18-7-8-22-16-6-4-3-5-15(16)18/h3-6,9-11H,7-8H2,1-2H3. The van der Waals surface area contributed by atoms with Crippen LogP contribution < -0.4 is 14.4 Å². The predicted octanol–water partition coefficient (Wildman–Crippen LogP) is 3.46. The Hall–Kier alpha value is -2.14. The Morgan fingerprint density at radius 3 is 2.45 bits per heavy atom. The normalized spacial score (nSPS) is 13.5. The molecular weight excluding hydrogens is 298 g/mol. The summed E-state index contributed by atoms with van der Waals surface area (Å²) in [7, 11) is 3.16. The number of fused-ring (bicyclic) bond motifs is 1. The number of nitrogens with zero attached hydrogens (tertiary/aromatic N) is 1. The second-order valence-corrected chi connectivity index (χ2v) is 6.01. The van der Waals surface area contributed by atoms with E-state index in [0.29, 0.717) is 23.6 Å². The highest BCUT2D eigenvalue weighted by molar-refractivity contribution is 7.99. The van der Waals surface area contributed by atoms with Crippen molar-refractivity contribution in [2.45, 2.75) is 4.90 Å². The van der Waals surface area contributed by atoms with Gasteiger partial charge >= 0.3 is 0 Å². The summed E-state index contributed by atoms with van der Waals surface area (Å²) in [6.45, 7) is 0.694. The molecule has 22 heavy (non-hydrogen) atoms. The van der Waals surface area contributed by atoms with Gasteiger partial charge in [-0.15, -0.1) is 11.8 Å². The first kappa shape index (κ1) is 14.8. The van der Waals surface area contributed by atoms with Gasteiger partial charge in [-0.3, -0.25) is 4.79 Å². The minimum Gasteiger partial charge on any atom is -0.497 e. The number of carbonyl (C=O) groups is 1. The van der Waals surface area contributed by atoms with Crippen LogP contribution in [0.1, 0.15) is 10.4 Å². The molecule has 0 spiro atoms. The van der Waals surface area contributed by atoms with Crippen LogP contribution >= 0.6 is 11.8 Å². The van der Waals surface area contributed by atoms with Crippen molar-refractivity contribution in [2.24, 2.45) is 0 Å². The zero-order valence-electron chi connectivity index (χ0n) is 12.5. The highest BCUT2D eigenvalue weighted by Gasteiger charge is 2.24. The van der Waals surface area contributed by atoms with E-state index in [1.807, 2.05) is 29.2 Å². The number of thioether (sulfide) groups is 1. The molecule has 0 unspecified atom stereocenters. The van der Waals surface area contributed by atoms with E-state index < -0.39 is 0 Å². The molecule has 2 aromatic rings. The maximum absolute atomic E-state index is 12.9. The van der Waals surface area contributed by atoms with E-state index in [1.54, 1.807) is 44.2 Å². The molecular formula is C17H17NO3S. The average Bonchev–Trinajstić information content (AvgIpc) is 2.60. The zero-order valence-corrected chi connectivity index (χ0v) is 13.4. The summed E-state index contributed by atoms with van der Waals surface area (Å²) in [5, 5.41) is 0. The van der Waals surface area contributed by atoms with E-state index in [2.05, 4.69) is 0 Å². The molecule has 1 aliphatic rings. The molecule has 2 aromatic carbocycles. The number of carbonyl (C=O) groups excluding carboxylic acids is 1. The van der Waals surface area contributed by atoms with Gasteiger partial charge in [0.1, 0.15) is 11.5 Å². The first-order valence-corrected chi connectivity index (χ1v) is 7.98. The molecule has 0 radical (unpaired) electrons. The van der Waals surface area contributed by atoms with Crippen molar-refractivity contribution in [1.29, 1.82) is 0 Å². The fourth-order valence-corrected chi connectivity index (χ4v) is 3.46. The summed E-state index contributed by atoms with van der Waals surface area (Å²) in [4.78, 5) is 15.9. The number of benzene rings is 2. The molecule has 4 nitrogen and oxygen atoms in total. The summed E-state index contributed by atoms with van der Waals surface area (Å²) in [5.74, 6) is 2.08. The van der Waals surface area contributed by atoms with Crippen molar-refractivity contribution in [3.63, 3.8) is 0 Å². The molecule has 5 heteroatoms. The maximum atomic E-state index is 12.9. The van der Waals surface area contributed by atoms with Gasteiger partial charge in [0.15, 0.2) is 0 Å². The zero-order chi connectivity index (χ0) is 15.5. The van der Waals surface area contributed by atoms with Crippen LogP contribution in [0, 0.1) is 0 Å². The molecule has 0 aromatic heterocycles. The monoisotopic (exact) mass is 315 g/mol. The van der Waals surface area contributed by atoms with Crippen LogP contribution in [-0.4, -0.2) is 32.4 Å². The number of hydrogen-bond acceptors (Lipinski definition) is 4. The predicted molar refractivity (Wildman–Crippen MR) is 88.4 cm³/mol. The number of rotatable bonds is 3. The Balaban J connectivity index is 1.98. The van der Waals surface area contributed by atoms with Crippen molar-refractivity contribution in [3.8, 4) is 11.5 Å². The van der Waals surface area contributed by atoms with Crippen molar-refractivity contribution in [3.05, 3.63) is 48.0 Å². The Morgan fingerprint density at radius 1 is 1.09 bits per heavy atom. The van der Waals surface area contributed by atoms with Gasteiger partial charge in [0.25, 0.3) is 5.91 Å². The lowest BCUT2D eigenvalue weighted by molar-refractivity contribution is 0.0987. The summed E-state index contributed by atoms with van der Waals surface area (Å²) < 4.78 is 10.5. The summed E-state index contributed by atoms with van der Waals surface area (Å²) in [6.07, 6.45) is 0. The van der Waals surface area contributed by atoms with Crippen molar-refractivity contribution >= 4 is 23.4 Å². The van der Waals surface area contributed by atoms with Gasteiger partial charge in [0.05, 0.1) is 19.9 Å². The fourth-order valence-electron chi connectivity index (χ4n) is 2.47. The van der Waals surface area contributed by atoms with E-state index in [4.69, 9.17) is 9.47 Å². The third kappa shape index (κ3) is 2.76. The van der Waals surface area contributed by atoms with Gasteiger partial charge in [-0.05, 0) is 24.3 Å².